The van der Waals surface area contributed by atoms with Crippen LogP contribution in [-0.4, -0.2) is 9.13 Å². The van der Waals surface area contributed by atoms with Crippen LogP contribution < -0.4 is 0 Å². The first-order valence-electron chi connectivity index (χ1n) is 20.8. The molecule has 10 aromatic rings. The molecule has 4 nitrogen and oxygen atoms in total. The minimum Gasteiger partial charge on any atom is -0.308 e. The van der Waals surface area contributed by atoms with Gasteiger partial charge in [0.25, 0.3) is 0 Å². The van der Waals surface area contributed by atoms with Crippen molar-refractivity contribution in [2.75, 3.05) is 0 Å². The maximum Gasteiger partial charge on any atom is 0.197 e. The van der Waals surface area contributed by atoms with Crippen molar-refractivity contribution in [1.82, 2.24) is 9.13 Å². The van der Waals surface area contributed by atoms with Gasteiger partial charge in [0.1, 0.15) is 0 Å². The van der Waals surface area contributed by atoms with Gasteiger partial charge in [-0.05, 0) is 158 Å². The molecule has 292 valence electrons. The highest BCUT2D eigenvalue weighted by atomic mass is 15.1. The number of fused-ring (bicyclic) bond motifs is 6. The number of aromatic nitrogens is 2. The second-order valence-electron chi connectivity index (χ2n) is 16.9. The van der Waals surface area contributed by atoms with Crippen LogP contribution in [0, 0.1) is 66.4 Å². The fourth-order valence-corrected chi connectivity index (χ4v) is 10.3. The minimum atomic E-state index is 0.521. The van der Waals surface area contributed by atoms with Crippen molar-refractivity contribution in [3.05, 3.63) is 195 Å². The monoisotopic (exact) mass is 784 g/mol. The summed E-state index contributed by atoms with van der Waals surface area (Å²) in [6.07, 6.45) is 0. The molecule has 0 unspecified atom stereocenters. The van der Waals surface area contributed by atoms with E-state index in [1.807, 2.05) is 19.1 Å². The summed E-state index contributed by atoms with van der Waals surface area (Å²) in [6, 6.07) is 52.6. The first-order valence-corrected chi connectivity index (χ1v) is 20.8. The SMILES string of the molecule is [C-]#[N+]c1cc(-n2c3ccccc3c3ccc(-c4c(C)cc(C)cc4C)cc32)c(-n2c3ccccc3c3ccc(-c4c(C)cc(C)cc4C)cc32)cc1-c1cc(C)cc(C#N)c1. The van der Waals surface area contributed by atoms with E-state index in [0.717, 1.165) is 82.8 Å². The van der Waals surface area contributed by atoms with Gasteiger partial charge in [-0.25, -0.2) is 4.85 Å². The van der Waals surface area contributed by atoms with Gasteiger partial charge in [-0.3, -0.25) is 0 Å². The summed E-state index contributed by atoms with van der Waals surface area (Å²) in [7, 11) is 0. The summed E-state index contributed by atoms with van der Waals surface area (Å²) in [5, 5.41) is 14.7. The molecule has 61 heavy (non-hydrogen) atoms. The third kappa shape index (κ3) is 6.03. The third-order valence-corrected chi connectivity index (χ3v) is 12.5. The van der Waals surface area contributed by atoms with Gasteiger partial charge in [-0.2, -0.15) is 5.26 Å². The van der Waals surface area contributed by atoms with E-state index in [-0.39, 0.29) is 0 Å². The predicted molar refractivity (Wildman–Crippen MR) is 256 cm³/mol. The quantitative estimate of drug-likeness (QED) is 0.160. The van der Waals surface area contributed by atoms with Crippen molar-refractivity contribution in [3.63, 3.8) is 0 Å². The molecular weight excluding hydrogens is 741 g/mol. The first kappa shape index (κ1) is 37.6. The maximum atomic E-state index is 10.1. The zero-order valence-corrected chi connectivity index (χ0v) is 35.6. The highest BCUT2D eigenvalue weighted by Crippen LogP contribution is 2.45. The van der Waals surface area contributed by atoms with Gasteiger partial charge in [0.2, 0.25) is 0 Å². The molecule has 4 heteroatoms. The summed E-state index contributed by atoms with van der Waals surface area (Å²) in [4.78, 5) is 4.23. The molecule has 0 saturated carbocycles. The summed E-state index contributed by atoms with van der Waals surface area (Å²) in [5.74, 6) is 0. The number of benzene rings is 8. The van der Waals surface area contributed by atoms with Crippen LogP contribution in [0.2, 0.25) is 0 Å². The Morgan fingerprint density at radius 2 is 0.885 bits per heavy atom. The molecule has 0 bridgehead atoms. The fourth-order valence-electron chi connectivity index (χ4n) is 10.3. The van der Waals surface area contributed by atoms with E-state index in [0.29, 0.717) is 11.3 Å². The average Bonchev–Trinajstić information content (AvgIpc) is 3.74. The largest absolute Gasteiger partial charge is 0.308 e. The molecule has 8 aromatic carbocycles. The second-order valence-corrected chi connectivity index (χ2v) is 16.9. The molecule has 2 aromatic heterocycles. The Hall–Kier alpha value is -7.66. The van der Waals surface area contributed by atoms with Crippen LogP contribution in [-0.2, 0) is 0 Å². The van der Waals surface area contributed by atoms with Crippen molar-refractivity contribution in [2.24, 2.45) is 0 Å². The Bertz CT molecular complexity index is 3530. The molecular formula is C57H44N4. The zero-order chi connectivity index (χ0) is 42.3. The van der Waals surface area contributed by atoms with Crippen LogP contribution in [0.25, 0.3) is 93.2 Å². The minimum absolute atomic E-state index is 0.521. The number of aryl methyl sites for hydroxylation is 7. The van der Waals surface area contributed by atoms with Crippen LogP contribution >= 0.6 is 0 Å². The van der Waals surface area contributed by atoms with Gasteiger partial charge in [0, 0.05) is 21.5 Å². The molecule has 0 saturated heterocycles. The Labute approximate surface area is 357 Å². The molecule has 0 amide bonds. The Morgan fingerprint density at radius 1 is 0.443 bits per heavy atom. The van der Waals surface area contributed by atoms with Crippen LogP contribution in [0.15, 0.2) is 140 Å². The van der Waals surface area contributed by atoms with Crippen molar-refractivity contribution in [2.45, 2.75) is 48.5 Å². The second kappa shape index (κ2) is 14.3. The molecule has 0 aliphatic rings. The van der Waals surface area contributed by atoms with Gasteiger partial charge < -0.3 is 9.13 Å². The molecule has 2 heterocycles. The van der Waals surface area contributed by atoms with Gasteiger partial charge in [-0.1, -0.05) is 102 Å². The average molecular weight is 785 g/mol. The van der Waals surface area contributed by atoms with Gasteiger partial charge >= 0.3 is 0 Å². The van der Waals surface area contributed by atoms with E-state index < -0.39 is 0 Å². The van der Waals surface area contributed by atoms with Crippen molar-refractivity contribution >= 4 is 49.3 Å². The summed E-state index contributed by atoms with van der Waals surface area (Å²) >= 11 is 0. The lowest BCUT2D eigenvalue weighted by molar-refractivity contribution is 1.10. The lowest BCUT2D eigenvalue weighted by Gasteiger charge is -2.20. The number of nitriles is 1. The molecule has 0 radical (unpaired) electrons. The van der Waals surface area contributed by atoms with Crippen molar-refractivity contribution < 1.29 is 0 Å². The van der Waals surface area contributed by atoms with E-state index in [1.165, 1.54) is 44.5 Å². The van der Waals surface area contributed by atoms with Crippen molar-refractivity contribution in [3.8, 4) is 50.8 Å². The number of hydrogen-bond donors (Lipinski definition) is 0. The van der Waals surface area contributed by atoms with Crippen LogP contribution in [0.4, 0.5) is 5.69 Å². The molecule has 0 fully saturated rings. The maximum absolute atomic E-state index is 10.1. The lowest BCUT2D eigenvalue weighted by atomic mass is 9.93. The molecule has 0 aliphatic carbocycles. The Balaban J connectivity index is 1.37. The number of nitrogens with zero attached hydrogens (tertiary/aromatic N) is 4. The predicted octanol–water partition coefficient (Wildman–Crippen LogP) is 15.5. The lowest BCUT2D eigenvalue weighted by Crippen LogP contribution is -2.04. The smallest absolute Gasteiger partial charge is 0.197 e. The molecule has 0 atom stereocenters. The van der Waals surface area contributed by atoms with Gasteiger partial charge in [0.05, 0.1) is 51.6 Å². The standard InChI is InChI=1S/C57H44N4/c1-33-21-36(4)56(37(5)22-33)41-17-19-46-44-13-9-11-15-50(44)60(52(46)28-41)54-30-48(43-26-35(3)25-40(27-43)32-58)49(59-8)31-55(54)61-51-16-12-10-14-45(51)47-20-18-42(29-53(47)61)57-38(6)23-34(2)24-39(57)7/h9-31H,1-7H3. The van der Waals surface area contributed by atoms with E-state index in [2.05, 4.69) is 189 Å². The van der Waals surface area contributed by atoms with E-state index >= 15 is 0 Å². The third-order valence-electron chi connectivity index (χ3n) is 12.5. The summed E-state index contributed by atoms with van der Waals surface area (Å²) in [5.41, 5.74) is 22.1. The number of rotatable bonds is 5. The molecule has 10 rings (SSSR count). The number of para-hydroxylation sites is 2. The topological polar surface area (TPSA) is 38.0 Å². The zero-order valence-electron chi connectivity index (χ0n) is 35.6. The normalized spacial score (nSPS) is 11.5. The van der Waals surface area contributed by atoms with Crippen LogP contribution in [0.5, 0.6) is 0 Å². The van der Waals surface area contributed by atoms with E-state index in [4.69, 9.17) is 6.57 Å². The first-order chi connectivity index (χ1) is 29.5. The highest BCUT2D eigenvalue weighted by Gasteiger charge is 2.24. The van der Waals surface area contributed by atoms with E-state index in [1.54, 1.807) is 0 Å². The number of hydrogen-bond acceptors (Lipinski definition) is 1. The molecule has 0 N–H and O–H groups in total. The van der Waals surface area contributed by atoms with Crippen molar-refractivity contribution in [1.29, 1.82) is 5.26 Å². The van der Waals surface area contributed by atoms with Gasteiger partial charge in [-0.15, -0.1) is 0 Å². The summed E-state index contributed by atoms with van der Waals surface area (Å²) in [6.45, 7) is 23.8. The van der Waals surface area contributed by atoms with Gasteiger partial charge in [0.15, 0.2) is 5.69 Å². The molecule has 0 aliphatic heterocycles. The Kier molecular flexibility index (Phi) is 8.79. The van der Waals surface area contributed by atoms with E-state index in [9.17, 15) is 5.26 Å². The highest BCUT2D eigenvalue weighted by molar-refractivity contribution is 6.13. The van der Waals surface area contributed by atoms with Crippen LogP contribution in [0.3, 0.4) is 0 Å². The fraction of sp³-hybridized carbons (Fsp3) is 0.123. The van der Waals surface area contributed by atoms with Crippen LogP contribution in [0.1, 0.15) is 44.5 Å². The summed E-state index contributed by atoms with van der Waals surface area (Å²) < 4.78 is 4.77. The molecule has 0 spiro atoms. The Morgan fingerprint density at radius 3 is 1.36 bits per heavy atom.